The maximum absolute atomic E-state index is 13.6. The first-order valence-electron chi connectivity index (χ1n) is 10.9. The zero-order valence-electron chi connectivity index (χ0n) is 18.1. The van der Waals surface area contributed by atoms with Crippen LogP contribution in [0.4, 0.5) is 0 Å². The predicted octanol–water partition coefficient (Wildman–Crippen LogP) is 5.08. The predicted molar refractivity (Wildman–Crippen MR) is 125 cm³/mol. The van der Waals surface area contributed by atoms with Gasteiger partial charge in [-0.2, -0.15) is 0 Å². The number of carbonyl (C=O) groups is 2. The highest BCUT2D eigenvalue weighted by Crippen LogP contribution is 2.39. The highest BCUT2D eigenvalue weighted by Gasteiger charge is 2.34. The molecular formula is C26H28N2O2S. The van der Waals surface area contributed by atoms with Crippen molar-refractivity contribution in [2.24, 2.45) is 0 Å². The molecule has 1 aromatic heterocycles. The van der Waals surface area contributed by atoms with E-state index in [1.54, 1.807) is 16.2 Å². The lowest BCUT2D eigenvalue weighted by molar-refractivity contribution is -0.134. The fourth-order valence-electron chi connectivity index (χ4n) is 4.35. The number of nitrogens with zero attached hydrogens (tertiary/aromatic N) is 2. The van der Waals surface area contributed by atoms with Gasteiger partial charge in [-0.15, -0.1) is 11.3 Å². The Labute approximate surface area is 188 Å². The molecule has 1 aliphatic rings. The highest BCUT2D eigenvalue weighted by atomic mass is 32.1. The molecule has 0 spiro atoms. The van der Waals surface area contributed by atoms with E-state index >= 15 is 0 Å². The molecule has 0 saturated heterocycles. The van der Waals surface area contributed by atoms with Crippen LogP contribution >= 0.6 is 11.3 Å². The minimum absolute atomic E-state index is 0.00262. The number of fused-ring (bicyclic) bond motifs is 1. The molecular weight excluding hydrogens is 404 g/mol. The topological polar surface area (TPSA) is 40.6 Å². The van der Waals surface area contributed by atoms with E-state index in [2.05, 4.69) is 30.5 Å². The summed E-state index contributed by atoms with van der Waals surface area (Å²) < 4.78 is 0. The Morgan fingerprint density at radius 1 is 1.03 bits per heavy atom. The third kappa shape index (κ3) is 4.42. The van der Waals surface area contributed by atoms with Crippen LogP contribution in [-0.2, 0) is 11.2 Å². The summed E-state index contributed by atoms with van der Waals surface area (Å²) in [6.45, 7) is 5.46. The number of carbonyl (C=O) groups excluding carboxylic acids is 2. The summed E-state index contributed by atoms with van der Waals surface area (Å²) in [7, 11) is 0. The summed E-state index contributed by atoms with van der Waals surface area (Å²) in [6.07, 6.45) is 1.67. The molecule has 3 aromatic rings. The van der Waals surface area contributed by atoms with Gasteiger partial charge in [0.15, 0.2) is 0 Å². The smallest absolute Gasteiger partial charge is 0.254 e. The van der Waals surface area contributed by atoms with Crippen LogP contribution in [0.1, 0.15) is 51.3 Å². The monoisotopic (exact) mass is 432 g/mol. The Hall–Kier alpha value is -2.92. The van der Waals surface area contributed by atoms with Gasteiger partial charge in [-0.1, -0.05) is 49.4 Å². The maximum Gasteiger partial charge on any atom is 0.254 e. The summed E-state index contributed by atoms with van der Waals surface area (Å²) in [5, 5.41) is 2.12. The van der Waals surface area contributed by atoms with Crippen LogP contribution in [0.2, 0.25) is 0 Å². The van der Waals surface area contributed by atoms with Gasteiger partial charge in [0.25, 0.3) is 5.91 Å². The summed E-state index contributed by atoms with van der Waals surface area (Å²) in [5.41, 5.74) is 4.18. The number of amides is 2. The van der Waals surface area contributed by atoms with Crippen LogP contribution in [0.5, 0.6) is 0 Å². The molecule has 0 fully saturated rings. The lowest BCUT2D eigenvalue weighted by Gasteiger charge is -2.38. The van der Waals surface area contributed by atoms with E-state index in [9.17, 15) is 9.59 Å². The molecule has 1 atom stereocenters. The molecule has 2 heterocycles. The first kappa shape index (κ1) is 21.3. The Balaban J connectivity index is 1.63. The molecule has 2 aromatic carbocycles. The van der Waals surface area contributed by atoms with Crippen LogP contribution in [0.25, 0.3) is 0 Å². The van der Waals surface area contributed by atoms with Gasteiger partial charge >= 0.3 is 0 Å². The largest absolute Gasteiger partial charge is 0.330 e. The SMILES string of the molecule is CCCN(CC(=O)N1CCc2sccc2C1c1ccccc1C)C(=O)c1ccccc1. The van der Waals surface area contributed by atoms with Crippen molar-refractivity contribution in [2.45, 2.75) is 32.7 Å². The van der Waals surface area contributed by atoms with Gasteiger partial charge in [-0.05, 0) is 60.0 Å². The Bertz CT molecular complexity index is 1060. The Kier molecular flexibility index (Phi) is 6.52. The zero-order chi connectivity index (χ0) is 21.8. The third-order valence-electron chi connectivity index (χ3n) is 5.90. The van der Waals surface area contributed by atoms with Gasteiger partial charge in [0.1, 0.15) is 6.54 Å². The van der Waals surface area contributed by atoms with Gasteiger partial charge < -0.3 is 9.80 Å². The molecule has 0 aliphatic carbocycles. The molecule has 2 amide bonds. The normalized spacial score (nSPS) is 15.4. The molecule has 0 radical (unpaired) electrons. The van der Waals surface area contributed by atoms with Gasteiger partial charge in [-0.25, -0.2) is 0 Å². The van der Waals surface area contributed by atoms with E-state index in [0.29, 0.717) is 18.7 Å². The first-order valence-corrected chi connectivity index (χ1v) is 11.7. The molecule has 1 unspecified atom stereocenters. The summed E-state index contributed by atoms with van der Waals surface area (Å²) in [4.78, 5) is 31.7. The molecule has 0 saturated carbocycles. The van der Waals surface area contributed by atoms with Crippen molar-refractivity contribution in [1.29, 1.82) is 0 Å². The standard InChI is InChI=1S/C26H28N2O2S/c1-3-15-27(26(30)20-10-5-4-6-11-20)18-24(29)28-16-13-23-22(14-17-31-23)25(28)21-12-8-7-9-19(21)2/h4-12,14,17,25H,3,13,15-16,18H2,1-2H3. The van der Waals surface area contributed by atoms with Crippen molar-refractivity contribution >= 4 is 23.2 Å². The maximum atomic E-state index is 13.6. The van der Waals surface area contributed by atoms with E-state index < -0.39 is 0 Å². The highest BCUT2D eigenvalue weighted by molar-refractivity contribution is 7.10. The van der Waals surface area contributed by atoms with Gasteiger partial charge in [0, 0.05) is 23.5 Å². The second-order valence-corrected chi connectivity index (χ2v) is 8.99. The fraction of sp³-hybridized carbons (Fsp3) is 0.308. The minimum atomic E-state index is -0.0981. The second kappa shape index (κ2) is 9.48. The van der Waals surface area contributed by atoms with Crippen molar-refractivity contribution in [3.05, 3.63) is 93.2 Å². The summed E-state index contributed by atoms with van der Waals surface area (Å²) >= 11 is 1.77. The molecule has 160 valence electrons. The number of aryl methyl sites for hydroxylation is 1. The Morgan fingerprint density at radius 3 is 2.52 bits per heavy atom. The van der Waals surface area contributed by atoms with E-state index in [-0.39, 0.29) is 24.4 Å². The summed E-state index contributed by atoms with van der Waals surface area (Å²) in [6, 6.07) is 19.6. The lowest BCUT2D eigenvalue weighted by atomic mass is 9.90. The van der Waals surface area contributed by atoms with E-state index in [0.717, 1.165) is 18.4 Å². The lowest BCUT2D eigenvalue weighted by Crippen LogP contribution is -2.47. The van der Waals surface area contributed by atoms with Crippen LogP contribution in [0.15, 0.2) is 66.0 Å². The molecule has 5 heteroatoms. The average Bonchev–Trinajstić information content (AvgIpc) is 3.27. The molecule has 0 N–H and O–H groups in total. The molecule has 4 nitrogen and oxygen atoms in total. The average molecular weight is 433 g/mol. The van der Waals surface area contributed by atoms with Gasteiger partial charge in [-0.3, -0.25) is 9.59 Å². The fourth-order valence-corrected chi connectivity index (χ4v) is 5.26. The third-order valence-corrected chi connectivity index (χ3v) is 6.89. The zero-order valence-corrected chi connectivity index (χ0v) is 18.9. The minimum Gasteiger partial charge on any atom is -0.330 e. The number of thiophene rings is 1. The van der Waals surface area contributed by atoms with Crippen LogP contribution < -0.4 is 0 Å². The van der Waals surface area contributed by atoms with Crippen LogP contribution in [0.3, 0.4) is 0 Å². The van der Waals surface area contributed by atoms with Gasteiger partial charge in [0.05, 0.1) is 6.04 Å². The quantitative estimate of drug-likeness (QED) is 0.545. The number of rotatable bonds is 6. The number of benzene rings is 2. The van der Waals surface area contributed by atoms with Crippen molar-refractivity contribution in [1.82, 2.24) is 9.80 Å². The Morgan fingerprint density at radius 2 is 1.77 bits per heavy atom. The van der Waals surface area contributed by atoms with Crippen molar-refractivity contribution in [3.8, 4) is 0 Å². The van der Waals surface area contributed by atoms with E-state index in [1.807, 2.05) is 54.3 Å². The van der Waals surface area contributed by atoms with Crippen LogP contribution in [-0.4, -0.2) is 41.2 Å². The molecule has 31 heavy (non-hydrogen) atoms. The summed E-state index contributed by atoms with van der Waals surface area (Å²) in [5.74, 6) is -0.0840. The van der Waals surface area contributed by atoms with Gasteiger partial charge in [0.2, 0.25) is 5.91 Å². The van der Waals surface area contributed by atoms with Crippen LogP contribution in [0, 0.1) is 6.92 Å². The van der Waals surface area contributed by atoms with Crippen molar-refractivity contribution in [2.75, 3.05) is 19.6 Å². The number of hydrogen-bond acceptors (Lipinski definition) is 3. The molecule has 0 bridgehead atoms. The molecule has 1 aliphatic heterocycles. The van der Waals surface area contributed by atoms with E-state index in [4.69, 9.17) is 0 Å². The van der Waals surface area contributed by atoms with Crippen molar-refractivity contribution in [3.63, 3.8) is 0 Å². The second-order valence-electron chi connectivity index (χ2n) is 7.99. The van der Waals surface area contributed by atoms with E-state index in [1.165, 1.54) is 16.0 Å². The number of hydrogen-bond donors (Lipinski definition) is 0. The first-order chi connectivity index (χ1) is 15.1. The van der Waals surface area contributed by atoms with Crippen molar-refractivity contribution < 1.29 is 9.59 Å². The molecule has 4 rings (SSSR count).